The summed E-state index contributed by atoms with van der Waals surface area (Å²) in [6, 6.07) is 7.32. The number of methoxy groups -OCH3 is 1. The first kappa shape index (κ1) is 14.4. The normalized spacial score (nSPS) is 16.8. The molecule has 1 saturated carbocycles. The van der Waals surface area contributed by atoms with Gasteiger partial charge in [-0.1, -0.05) is 6.07 Å². The van der Waals surface area contributed by atoms with E-state index in [1.54, 1.807) is 7.11 Å². The van der Waals surface area contributed by atoms with E-state index in [4.69, 9.17) is 4.74 Å². The van der Waals surface area contributed by atoms with Crippen LogP contribution in [0.3, 0.4) is 0 Å². The van der Waals surface area contributed by atoms with Gasteiger partial charge >= 0.3 is 0 Å². The second-order valence-corrected chi connectivity index (χ2v) is 5.48. The third-order valence-electron chi connectivity index (χ3n) is 3.56. The van der Waals surface area contributed by atoms with Crippen LogP contribution in [-0.2, 0) is 11.3 Å². The van der Waals surface area contributed by atoms with Crippen molar-refractivity contribution < 1.29 is 4.74 Å². The van der Waals surface area contributed by atoms with E-state index in [0.29, 0.717) is 6.04 Å². The maximum absolute atomic E-state index is 5.34. The minimum Gasteiger partial charge on any atom is -0.383 e. The van der Waals surface area contributed by atoms with Gasteiger partial charge in [0.25, 0.3) is 0 Å². The zero-order valence-corrected chi connectivity index (χ0v) is 12.2. The largest absolute Gasteiger partial charge is 0.383 e. The first-order valence-electron chi connectivity index (χ1n) is 7.04. The van der Waals surface area contributed by atoms with Crippen LogP contribution in [-0.4, -0.2) is 49.3 Å². The molecule has 1 aliphatic carbocycles. The van der Waals surface area contributed by atoms with Gasteiger partial charge in [-0.15, -0.1) is 0 Å². The predicted molar refractivity (Wildman–Crippen MR) is 77.1 cm³/mol. The van der Waals surface area contributed by atoms with E-state index in [0.717, 1.165) is 37.1 Å². The van der Waals surface area contributed by atoms with Gasteiger partial charge in [0.1, 0.15) is 0 Å². The van der Waals surface area contributed by atoms with Gasteiger partial charge < -0.3 is 10.1 Å². The molecule has 0 amide bonds. The quantitative estimate of drug-likeness (QED) is 0.773. The Hall–Kier alpha value is -0.970. The predicted octanol–water partition coefficient (Wildman–Crippen LogP) is 1.59. The van der Waals surface area contributed by atoms with Crippen LogP contribution < -0.4 is 5.32 Å². The van der Waals surface area contributed by atoms with E-state index in [2.05, 4.69) is 34.4 Å². The van der Waals surface area contributed by atoms with E-state index < -0.39 is 0 Å². The number of rotatable bonds is 8. The Labute approximate surface area is 116 Å². The number of aryl methyl sites for hydroxylation is 1. The maximum atomic E-state index is 5.34. The molecule has 0 radical (unpaired) electrons. The smallest absolute Gasteiger partial charge is 0.0630 e. The molecule has 0 bridgehead atoms. The second kappa shape index (κ2) is 6.98. The van der Waals surface area contributed by atoms with Crippen molar-refractivity contribution in [3.05, 3.63) is 29.6 Å². The van der Waals surface area contributed by atoms with Crippen LogP contribution in [0.2, 0.25) is 0 Å². The van der Waals surface area contributed by atoms with Crippen LogP contribution in [0.1, 0.15) is 24.2 Å². The van der Waals surface area contributed by atoms with Gasteiger partial charge in [-0.3, -0.25) is 9.88 Å². The number of ether oxygens (including phenoxy) is 1. The van der Waals surface area contributed by atoms with E-state index in [9.17, 15) is 0 Å². The number of pyridine rings is 1. The average molecular weight is 263 g/mol. The lowest BCUT2D eigenvalue weighted by Gasteiger charge is -2.27. The summed E-state index contributed by atoms with van der Waals surface area (Å²) in [5, 5.41) is 3.58. The lowest BCUT2D eigenvalue weighted by atomic mass is 10.2. The first-order chi connectivity index (χ1) is 9.19. The van der Waals surface area contributed by atoms with Crippen LogP contribution in [0.15, 0.2) is 18.2 Å². The van der Waals surface area contributed by atoms with E-state index in [1.165, 1.54) is 12.8 Å². The van der Waals surface area contributed by atoms with Crippen LogP contribution in [0.5, 0.6) is 0 Å². The molecule has 1 aliphatic rings. The molecule has 0 saturated heterocycles. The second-order valence-electron chi connectivity index (χ2n) is 5.48. The zero-order valence-electron chi connectivity index (χ0n) is 12.2. The van der Waals surface area contributed by atoms with Crippen LogP contribution in [0.25, 0.3) is 0 Å². The maximum Gasteiger partial charge on any atom is 0.0630 e. The van der Waals surface area contributed by atoms with Crippen LogP contribution in [0.4, 0.5) is 0 Å². The number of likely N-dealkylation sites (N-methyl/N-ethyl adjacent to an activating group) is 1. The molecule has 19 heavy (non-hydrogen) atoms. The monoisotopic (exact) mass is 263 g/mol. The highest BCUT2D eigenvalue weighted by molar-refractivity contribution is 5.09. The third kappa shape index (κ3) is 4.90. The van der Waals surface area contributed by atoms with Crippen molar-refractivity contribution in [3.63, 3.8) is 0 Å². The zero-order chi connectivity index (χ0) is 13.7. The summed E-state index contributed by atoms with van der Waals surface area (Å²) in [6.45, 7) is 4.63. The highest BCUT2D eigenvalue weighted by Crippen LogP contribution is 2.18. The van der Waals surface area contributed by atoms with Crippen LogP contribution in [0, 0.1) is 6.92 Å². The standard InChI is InChI=1S/C15H25N3O/c1-12-5-4-6-14(17-12)10-18(2)15(11-19-3)9-16-13-7-8-13/h4-6,13,15-16H,7-11H2,1-3H3. The van der Waals surface area contributed by atoms with Gasteiger partial charge in [0.15, 0.2) is 0 Å². The van der Waals surface area contributed by atoms with Crippen LogP contribution >= 0.6 is 0 Å². The molecule has 4 nitrogen and oxygen atoms in total. The summed E-state index contributed by atoms with van der Waals surface area (Å²) in [7, 11) is 3.91. The Balaban J connectivity index is 1.87. The third-order valence-corrected chi connectivity index (χ3v) is 3.56. The lowest BCUT2D eigenvalue weighted by molar-refractivity contribution is 0.100. The average Bonchev–Trinajstić information content (AvgIpc) is 3.18. The van der Waals surface area contributed by atoms with Crippen molar-refractivity contribution in [2.45, 2.75) is 38.4 Å². The molecule has 0 aromatic carbocycles. The minimum atomic E-state index is 0.396. The minimum absolute atomic E-state index is 0.396. The summed E-state index contributed by atoms with van der Waals surface area (Å²) >= 11 is 0. The van der Waals surface area contributed by atoms with Crippen molar-refractivity contribution >= 4 is 0 Å². The number of nitrogens with zero attached hydrogens (tertiary/aromatic N) is 2. The van der Waals surface area contributed by atoms with E-state index >= 15 is 0 Å². The number of hydrogen-bond donors (Lipinski definition) is 1. The Bertz CT molecular complexity index is 393. The van der Waals surface area contributed by atoms with Gasteiger partial charge in [0, 0.05) is 38.0 Å². The Morgan fingerprint density at radius 1 is 1.47 bits per heavy atom. The van der Waals surface area contributed by atoms with E-state index in [-0.39, 0.29) is 0 Å². The van der Waals surface area contributed by atoms with Crippen molar-refractivity contribution in [1.82, 2.24) is 15.2 Å². The van der Waals surface area contributed by atoms with Gasteiger partial charge in [-0.25, -0.2) is 0 Å². The molecule has 0 aliphatic heterocycles. The fraction of sp³-hybridized carbons (Fsp3) is 0.667. The fourth-order valence-electron chi connectivity index (χ4n) is 2.20. The Kier molecular flexibility index (Phi) is 5.31. The molecule has 4 heteroatoms. The van der Waals surface area contributed by atoms with Gasteiger partial charge in [-0.2, -0.15) is 0 Å². The van der Waals surface area contributed by atoms with Gasteiger partial charge in [-0.05, 0) is 38.9 Å². The molecular formula is C15H25N3O. The molecule has 106 valence electrons. The van der Waals surface area contributed by atoms with Crippen molar-refractivity contribution in [2.75, 3.05) is 27.3 Å². The number of nitrogens with one attached hydrogen (secondary N) is 1. The topological polar surface area (TPSA) is 37.4 Å². The van der Waals surface area contributed by atoms with Gasteiger partial charge in [0.2, 0.25) is 0 Å². The summed E-state index contributed by atoms with van der Waals surface area (Å²) in [5.74, 6) is 0. The molecular weight excluding hydrogens is 238 g/mol. The summed E-state index contributed by atoms with van der Waals surface area (Å²) in [6.07, 6.45) is 2.64. The summed E-state index contributed by atoms with van der Waals surface area (Å²) in [5.41, 5.74) is 2.19. The molecule has 1 aromatic heterocycles. The SMILES string of the molecule is COCC(CNC1CC1)N(C)Cc1cccc(C)n1. The van der Waals surface area contributed by atoms with Gasteiger partial charge in [0.05, 0.1) is 12.3 Å². The molecule has 1 aromatic rings. The molecule has 2 rings (SSSR count). The molecule has 1 N–H and O–H groups in total. The van der Waals surface area contributed by atoms with Crippen molar-refractivity contribution in [3.8, 4) is 0 Å². The molecule has 0 spiro atoms. The lowest BCUT2D eigenvalue weighted by Crippen LogP contribution is -2.43. The Morgan fingerprint density at radius 3 is 2.89 bits per heavy atom. The molecule has 1 unspecified atom stereocenters. The van der Waals surface area contributed by atoms with E-state index in [1.807, 2.05) is 13.0 Å². The first-order valence-corrected chi connectivity index (χ1v) is 7.04. The Morgan fingerprint density at radius 2 is 2.26 bits per heavy atom. The summed E-state index contributed by atoms with van der Waals surface area (Å²) < 4.78 is 5.34. The highest BCUT2D eigenvalue weighted by Gasteiger charge is 2.23. The highest BCUT2D eigenvalue weighted by atomic mass is 16.5. The number of aromatic nitrogens is 1. The molecule has 1 atom stereocenters. The fourth-order valence-corrected chi connectivity index (χ4v) is 2.20. The summed E-state index contributed by atoms with van der Waals surface area (Å²) in [4.78, 5) is 6.88. The molecule has 1 fully saturated rings. The molecule has 1 heterocycles. The number of hydrogen-bond acceptors (Lipinski definition) is 4. The van der Waals surface area contributed by atoms with Crippen molar-refractivity contribution in [2.24, 2.45) is 0 Å². The van der Waals surface area contributed by atoms with Crippen molar-refractivity contribution in [1.29, 1.82) is 0 Å².